The monoisotopic (exact) mass is 439 g/mol. The summed E-state index contributed by atoms with van der Waals surface area (Å²) in [5, 5.41) is 0. The summed E-state index contributed by atoms with van der Waals surface area (Å²) in [5.74, 6) is 0.580. The molecule has 1 aromatic carbocycles. The van der Waals surface area contributed by atoms with Gasteiger partial charge in [0.2, 0.25) is 0 Å². The number of nitrogens with zero attached hydrogens (tertiary/aromatic N) is 3. The van der Waals surface area contributed by atoms with Crippen LogP contribution in [0.25, 0.3) is 0 Å². The average molecular weight is 440 g/mol. The van der Waals surface area contributed by atoms with Gasteiger partial charge in [0.25, 0.3) is 0 Å². The Bertz CT molecular complexity index is 761. The Morgan fingerprint density at radius 2 is 1.97 bits per heavy atom. The van der Waals surface area contributed by atoms with Crippen molar-refractivity contribution < 1.29 is 9.53 Å². The van der Waals surface area contributed by atoms with E-state index in [0.717, 1.165) is 77.8 Å². The lowest BCUT2D eigenvalue weighted by Crippen LogP contribution is -2.50. The fourth-order valence-corrected chi connectivity index (χ4v) is 6.26. The van der Waals surface area contributed by atoms with Crippen LogP contribution in [0, 0.1) is 5.92 Å². The van der Waals surface area contributed by atoms with Crippen molar-refractivity contribution in [3.05, 3.63) is 48.7 Å². The van der Waals surface area contributed by atoms with E-state index in [2.05, 4.69) is 65.5 Å². The van der Waals surface area contributed by atoms with Crippen LogP contribution in [0.3, 0.4) is 0 Å². The van der Waals surface area contributed by atoms with Crippen molar-refractivity contribution in [2.24, 2.45) is 5.92 Å². The van der Waals surface area contributed by atoms with E-state index in [1.165, 1.54) is 5.56 Å². The summed E-state index contributed by atoms with van der Waals surface area (Å²) in [6, 6.07) is 11.7. The van der Waals surface area contributed by atoms with Crippen LogP contribution in [0.1, 0.15) is 57.9 Å². The van der Waals surface area contributed by atoms with Gasteiger partial charge in [-0.1, -0.05) is 36.9 Å². The van der Waals surface area contributed by atoms with E-state index in [1.54, 1.807) is 0 Å². The highest BCUT2D eigenvalue weighted by Gasteiger charge is 2.54. The van der Waals surface area contributed by atoms with E-state index < -0.39 is 0 Å². The van der Waals surface area contributed by atoms with Crippen LogP contribution in [0.15, 0.2) is 43.1 Å². The minimum atomic E-state index is -0.0260. The number of rotatable bonds is 9. The molecule has 1 saturated carbocycles. The molecule has 2 amide bonds. The average Bonchev–Trinajstić information content (AvgIpc) is 3.33. The van der Waals surface area contributed by atoms with Crippen LogP contribution in [-0.2, 0) is 11.2 Å². The lowest BCUT2D eigenvalue weighted by Gasteiger charge is -2.37. The molecule has 2 heterocycles. The Labute approximate surface area is 194 Å². The van der Waals surface area contributed by atoms with E-state index in [4.69, 9.17) is 4.74 Å². The summed E-state index contributed by atoms with van der Waals surface area (Å²) in [6.45, 7) is 13.0. The van der Waals surface area contributed by atoms with Gasteiger partial charge in [0.1, 0.15) is 0 Å². The van der Waals surface area contributed by atoms with Crippen LogP contribution in [0.5, 0.6) is 0 Å². The first-order valence-electron chi connectivity index (χ1n) is 12.6. The Hall–Kier alpha value is -2.01. The maximum Gasteiger partial charge on any atom is 0.320 e. The van der Waals surface area contributed by atoms with Crippen molar-refractivity contribution in [2.45, 2.75) is 76.4 Å². The predicted octanol–water partition coefficient (Wildman–Crippen LogP) is 4.93. The SMILES string of the molecule is C=CN(CCCc1ccccc1)C1CCC2(C1)CN(CC1CCOCC1)C(=O)N2C(C)C. The molecule has 1 aromatic rings. The maximum atomic E-state index is 13.4. The molecule has 2 atom stereocenters. The van der Waals surface area contributed by atoms with Gasteiger partial charge in [-0.25, -0.2) is 4.79 Å². The molecule has 0 radical (unpaired) electrons. The smallest absolute Gasteiger partial charge is 0.320 e. The highest BCUT2D eigenvalue weighted by atomic mass is 16.5. The topological polar surface area (TPSA) is 36.0 Å². The molecule has 2 aliphatic heterocycles. The third-order valence-electron chi connectivity index (χ3n) is 7.80. The van der Waals surface area contributed by atoms with Crippen molar-refractivity contribution in [1.29, 1.82) is 0 Å². The minimum Gasteiger partial charge on any atom is -0.381 e. The first-order valence-corrected chi connectivity index (χ1v) is 12.6. The molecule has 3 aliphatic rings. The second-order valence-electron chi connectivity index (χ2n) is 10.3. The lowest BCUT2D eigenvalue weighted by molar-refractivity contribution is 0.0575. The zero-order valence-corrected chi connectivity index (χ0v) is 20.0. The molecule has 176 valence electrons. The van der Waals surface area contributed by atoms with Gasteiger partial charge in [-0.3, -0.25) is 0 Å². The van der Waals surface area contributed by atoms with Crippen molar-refractivity contribution in [3.63, 3.8) is 0 Å². The van der Waals surface area contributed by atoms with Crippen LogP contribution in [0.2, 0.25) is 0 Å². The van der Waals surface area contributed by atoms with E-state index in [1.807, 2.05) is 6.20 Å². The van der Waals surface area contributed by atoms with Gasteiger partial charge in [-0.2, -0.15) is 0 Å². The van der Waals surface area contributed by atoms with Gasteiger partial charge < -0.3 is 19.4 Å². The number of hydrogen-bond donors (Lipinski definition) is 0. The summed E-state index contributed by atoms with van der Waals surface area (Å²) >= 11 is 0. The normalized spacial score (nSPS) is 26.5. The quantitative estimate of drug-likeness (QED) is 0.547. The third-order valence-corrected chi connectivity index (χ3v) is 7.80. The zero-order valence-electron chi connectivity index (χ0n) is 20.0. The molecule has 3 fully saturated rings. The fourth-order valence-electron chi connectivity index (χ4n) is 6.26. The predicted molar refractivity (Wildman–Crippen MR) is 130 cm³/mol. The van der Waals surface area contributed by atoms with E-state index in [9.17, 15) is 4.79 Å². The van der Waals surface area contributed by atoms with Crippen LogP contribution in [0.4, 0.5) is 4.79 Å². The number of carbonyl (C=O) groups is 1. The van der Waals surface area contributed by atoms with E-state index in [0.29, 0.717) is 12.0 Å². The number of urea groups is 1. The standard InChI is InChI=1S/C27H41N3O2/c1-4-28(16-8-11-23-9-6-5-7-10-23)25-12-15-27(19-25)21-29(26(31)30(27)22(2)3)20-24-13-17-32-18-14-24/h4-7,9-10,22,24-25H,1,8,11-21H2,2-3H3. The lowest BCUT2D eigenvalue weighted by atomic mass is 9.94. The Morgan fingerprint density at radius 3 is 2.66 bits per heavy atom. The number of hydrogen-bond acceptors (Lipinski definition) is 3. The number of ether oxygens (including phenoxy) is 1. The summed E-state index contributed by atoms with van der Waals surface area (Å²) < 4.78 is 5.53. The molecule has 0 bridgehead atoms. The molecule has 0 N–H and O–H groups in total. The summed E-state index contributed by atoms with van der Waals surface area (Å²) in [6.07, 6.45) is 9.69. The Morgan fingerprint density at radius 1 is 1.22 bits per heavy atom. The molecule has 2 unspecified atom stereocenters. The Balaban J connectivity index is 1.38. The molecule has 0 aromatic heterocycles. The highest BCUT2D eigenvalue weighted by Crippen LogP contribution is 2.44. The summed E-state index contributed by atoms with van der Waals surface area (Å²) in [5.41, 5.74) is 1.37. The van der Waals surface area contributed by atoms with Gasteiger partial charge in [-0.05, 0) is 76.5 Å². The fraction of sp³-hybridized carbons (Fsp3) is 0.667. The van der Waals surface area contributed by atoms with Crippen LogP contribution < -0.4 is 0 Å². The van der Waals surface area contributed by atoms with Crippen molar-refractivity contribution in [1.82, 2.24) is 14.7 Å². The van der Waals surface area contributed by atoms with E-state index in [-0.39, 0.29) is 17.6 Å². The number of amides is 2. The third kappa shape index (κ3) is 4.98. The van der Waals surface area contributed by atoms with Crippen molar-refractivity contribution >= 4 is 6.03 Å². The zero-order chi connectivity index (χ0) is 22.6. The molecule has 32 heavy (non-hydrogen) atoms. The van der Waals surface area contributed by atoms with E-state index >= 15 is 0 Å². The number of carbonyl (C=O) groups excluding carboxylic acids is 1. The first-order chi connectivity index (χ1) is 15.5. The summed E-state index contributed by atoms with van der Waals surface area (Å²) in [7, 11) is 0. The summed E-state index contributed by atoms with van der Waals surface area (Å²) in [4.78, 5) is 20.3. The molecular formula is C27H41N3O2. The van der Waals surface area contributed by atoms with Gasteiger partial charge in [0.05, 0.1) is 5.54 Å². The van der Waals surface area contributed by atoms with Crippen LogP contribution in [-0.4, -0.2) is 71.2 Å². The second kappa shape index (κ2) is 10.3. The Kier molecular flexibility index (Phi) is 7.44. The van der Waals surface area contributed by atoms with Crippen molar-refractivity contribution in [2.75, 3.05) is 32.8 Å². The molecular weight excluding hydrogens is 398 g/mol. The number of aryl methyl sites for hydroxylation is 1. The van der Waals surface area contributed by atoms with Crippen LogP contribution >= 0.6 is 0 Å². The second-order valence-corrected chi connectivity index (χ2v) is 10.3. The first kappa shape index (κ1) is 23.2. The van der Waals surface area contributed by atoms with Gasteiger partial charge in [-0.15, -0.1) is 0 Å². The molecule has 1 aliphatic carbocycles. The highest BCUT2D eigenvalue weighted by molar-refractivity contribution is 5.78. The molecule has 5 nitrogen and oxygen atoms in total. The largest absolute Gasteiger partial charge is 0.381 e. The molecule has 5 heteroatoms. The molecule has 2 saturated heterocycles. The molecule has 4 rings (SSSR count). The van der Waals surface area contributed by atoms with Gasteiger partial charge in [0.15, 0.2) is 0 Å². The minimum absolute atomic E-state index is 0.0260. The van der Waals surface area contributed by atoms with Gasteiger partial charge in [0, 0.05) is 44.9 Å². The molecule has 1 spiro atoms. The number of benzene rings is 1. The van der Waals surface area contributed by atoms with Crippen molar-refractivity contribution in [3.8, 4) is 0 Å². The van der Waals surface area contributed by atoms with Gasteiger partial charge >= 0.3 is 6.03 Å². The maximum absolute atomic E-state index is 13.4.